The molecular weight excluding hydrogens is 186 g/mol. The number of nitrogens with two attached hydrogens (primary N) is 1. The normalized spacial score (nSPS) is 12.7. The third-order valence-corrected chi connectivity index (χ3v) is 1.84. The van der Waals surface area contributed by atoms with Gasteiger partial charge in [-0.1, -0.05) is 0 Å². The number of methoxy groups -OCH3 is 1. The molecule has 6 heteroatoms. The highest BCUT2D eigenvalue weighted by molar-refractivity contribution is 5.91. The molecule has 0 saturated heterocycles. The molecule has 0 amide bonds. The van der Waals surface area contributed by atoms with Crippen molar-refractivity contribution in [3.63, 3.8) is 0 Å². The van der Waals surface area contributed by atoms with Gasteiger partial charge in [0.1, 0.15) is 0 Å². The van der Waals surface area contributed by atoms with Crippen molar-refractivity contribution in [2.75, 3.05) is 12.8 Å². The average molecular weight is 199 g/mol. The highest BCUT2D eigenvalue weighted by Gasteiger charge is 2.13. The smallest absolute Gasteiger partial charge is 0.358 e. The largest absolute Gasteiger partial charge is 0.476 e. The van der Waals surface area contributed by atoms with Crippen LogP contribution >= 0.6 is 0 Å². The lowest BCUT2D eigenvalue weighted by Gasteiger charge is -2.08. The van der Waals surface area contributed by atoms with Crippen molar-refractivity contribution >= 4 is 11.7 Å². The predicted octanol–water partition coefficient (Wildman–Crippen LogP) is 0.198. The van der Waals surface area contributed by atoms with Crippen molar-refractivity contribution in [3.05, 3.63) is 11.9 Å². The molecule has 0 radical (unpaired) electrons. The third kappa shape index (κ3) is 2.23. The van der Waals surface area contributed by atoms with E-state index in [0.29, 0.717) is 6.54 Å². The van der Waals surface area contributed by atoms with Gasteiger partial charge in [0.2, 0.25) is 0 Å². The highest BCUT2D eigenvalue weighted by Crippen LogP contribution is 2.09. The first-order valence-corrected chi connectivity index (χ1v) is 4.13. The summed E-state index contributed by atoms with van der Waals surface area (Å²) in [5.74, 6) is -1.12. The molecule has 3 N–H and O–H groups in total. The summed E-state index contributed by atoms with van der Waals surface area (Å²) in [6.07, 6.45) is 1.45. The maximum Gasteiger partial charge on any atom is 0.358 e. The molecule has 1 aromatic rings. The number of ether oxygens (including phenoxy) is 1. The molecule has 1 heterocycles. The Morgan fingerprint density at radius 2 is 2.50 bits per heavy atom. The number of aromatic nitrogens is 2. The van der Waals surface area contributed by atoms with Crippen LogP contribution in [0.4, 0.5) is 5.69 Å². The SMILES string of the molecule is COC(C)Cn1cc(N)c(C(=O)O)n1. The second-order valence-electron chi connectivity index (χ2n) is 3.01. The average Bonchev–Trinajstić information content (AvgIpc) is 2.46. The number of nitrogen functional groups attached to an aromatic ring is 1. The molecule has 0 aliphatic heterocycles. The lowest BCUT2D eigenvalue weighted by atomic mass is 10.4. The number of hydrogen-bond donors (Lipinski definition) is 2. The van der Waals surface area contributed by atoms with E-state index in [9.17, 15) is 4.79 Å². The Morgan fingerprint density at radius 1 is 1.86 bits per heavy atom. The van der Waals surface area contributed by atoms with E-state index in [4.69, 9.17) is 15.6 Å². The maximum absolute atomic E-state index is 10.6. The summed E-state index contributed by atoms with van der Waals surface area (Å²) < 4.78 is 6.48. The van der Waals surface area contributed by atoms with Crippen LogP contribution < -0.4 is 5.73 Å². The molecule has 0 aromatic carbocycles. The molecule has 1 unspecified atom stereocenters. The van der Waals surface area contributed by atoms with Crippen molar-refractivity contribution in [2.24, 2.45) is 0 Å². The van der Waals surface area contributed by atoms with Crippen LogP contribution in [0.2, 0.25) is 0 Å². The van der Waals surface area contributed by atoms with Crippen LogP contribution in [0.25, 0.3) is 0 Å². The molecule has 0 bridgehead atoms. The van der Waals surface area contributed by atoms with E-state index in [1.807, 2.05) is 6.92 Å². The lowest BCUT2D eigenvalue weighted by Crippen LogP contribution is -2.15. The molecule has 0 aliphatic carbocycles. The topological polar surface area (TPSA) is 90.4 Å². The van der Waals surface area contributed by atoms with Crippen LogP contribution in [0, 0.1) is 0 Å². The van der Waals surface area contributed by atoms with Gasteiger partial charge < -0.3 is 15.6 Å². The van der Waals surface area contributed by atoms with Crippen molar-refractivity contribution in [3.8, 4) is 0 Å². The molecule has 0 aliphatic rings. The molecule has 1 atom stereocenters. The van der Waals surface area contributed by atoms with Crippen LogP contribution in [0.15, 0.2) is 6.20 Å². The molecular formula is C8H13N3O3. The fraction of sp³-hybridized carbons (Fsp3) is 0.500. The first-order chi connectivity index (χ1) is 6.54. The van der Waals surface area contributed by atoms with Gasteiger partial charge in [-0.2, -0.15) is 5.10 Å². The number of carbonyl (C=O) groups is 1. The minimum atomic E-state index is -1.12. The molecule has 0 fully saturated rings. The fourth-order valence-electron chi connectivity index (χ4n) is 1.03. The zero-order valence-corrected chi connectivity index (χ0v) is 8.10. The second-order valence-corrected chi connectivity index (χ2v) is 3.01. The molecule has 1 aromatic heterocycles. The molecule has 1 rings (SSSR count). The molecule has 14 heavy (non-hydrogen) atoms. The number of carboxylic acid groups (broad SMARTS) is 1. The summed E-state index contributed by atoms with van der Waals surface area (Å²) in [5.41, 5.74) is 5.50. The van der Waals surface area contributed by atoms with Gasteiger partial charge in [-0.15, -0.1) is 0 Å². The van der Waals surface area contributed by atoms with E-state index in [0.717, 1.165) is 0 Å². The van der Waals surface area contributed by atoms with Crippen molar-refractivity contribution in [2.45, 2.75) is 19.6 Å². The number of hydrogen-bond acceptors (Lipinski definition) is 4. The Morgan fingerprint density at radius 3 is 2.93 bits per heavy atom. The number of carboxylic acids is 1. The summed E-state index contributed by atoms with van der Waals surface area (Å²) in [6, 6.07) is 0. The van der Waals surface area contributed by atoms with Gasteiger partial charge in [-0.3, -0.25) is 4.68 Å². The fourth-order valence-corrected chi connectivity index (χ4v) is 1.03. The quantitative estimate of drug-likeness (QED) is 0.722. The van der Waals surface area contributed by atoms with Gasteiger partial charge in [0.05, 0.1) is 18.3 Å². The van der Waals surface area contributed by atoms with E-state index in [1.165, 1.54) is 10.9 Å². The van der Waals surface area contributed by atoms with Gasteiger partial charge in [-0.25, -0.2) is 4.79 Å². The van der Waals surface area contributed by atoms with Gasteiger partial charge in [0, 0.05) is 13.3 Å². The van der Waals surface area contributed by atoms with Gasteiger partial charge in [0.15, 0.2) is 5.69 Å². The Labute approximate surface area is 81.3 Å². The zero-order valence-electron chi connectivity index (χ0n) is 8.10. The van der Waals surface area contributed by atoms with Crippen LogP contribution in [0.5, 0.6) is 0 Å². The number of anilines is 1. The molecule has 0 spiro atoms. The standard InChI is InChI=1S/C8H13N3O3/c1-5(14-2)3-11-4-6(9)7(10-11)8(12)13/h4-5H,3,9H2,1-2H3,(H,12,13). The zero-order chi connectivity index (χ0) is 10.7. The summed E-state index contributed by atoms with van der Waals surface area (Å²) in [4.78, 5) is 10.6. The minimum Gasteiger partial charge on any atom is -0.476 e. The first-order valence-electron chi connectivity index (χ1n) is 4.13. The summed E-state index contributed by atoms with van der Waals surface area (Å²) >= 11 is 0. The van der Waals surface area contributed by atoms with Crippen molar-refractivity contribution < 1.29 is 14.6 Å². The van der Waals surface area contributed by atoms with Crippen LogP contribution in [-0.4, -0.2) is 34.1 Å². The van der Waals surface area contributed by atoms with E-state index in [2.05, 4.69) is 5.10 Å². The second kappa shape index (κ2) is 4.10. The Kier molecular flexibility index (Phi) is 3.08. The molecule has 0 saturated carbocycles. The van der Waals surface area contributed by atoms with Crippen molar-refractivity contribution in [1.29, 1.82) is 0 Å². The van der Waals surface area contributed by atoms with Crippen LogP contribution in [0.3, 0.4) is 0 Å². The Hall–Kier alpha value is -1.56. The number of rotatable bonds is 4. The maximum atomic E-state index is 10.6. The van der Waals surface area contributed by atoms with Gasteiger partial charge >= 0.3 is 5.97 Å². The van der Waals surface area contributed by atoms with E-state index in [-0.39, 0.29) is 17.5 Å². The number of aromatic carboxylic acids is 1. The monoisotopic (exact) mass is 199 g/mol. The Balaban J connectivity index is 2.81. The molecule has 6 nitrogen and oxygen atoms in total. The number of nitrogens with zero attached hydrogens (tertiary/aromatic N) is 2. The van der Waals surface area contributed by atoms with Crippen LogP contribution in [0.1, 0.15) is 17.4 Å². The lowest BCUT2D eigenvalue weighted by molar-refractivity contribution is 0.0687. The van der Waals surface area contributed by atoms with Crippen LogP contribution in [-0.2, 0) is 11.3 Å². The van der Waals surface area contributed by atoms with Gasteiger partial charge in [-0.05, 0) is 6.92 Å². The third-order valence-electron chi connectivity index (χ3n) is 1.84. The van der Waals surface area contributed by atoms with Crippen molar-refractivity contribution in [1.82, 2.24) is 9.78 Å². The van der Waals surface area contributed by atoms with E-state index >= 15 is 0 Å². The summed E-state index contributed by atoms with van der Waals surface area (Å²) in [7, 11) is 1.58. The molecule has 78 valence electrons. The summed E-state index contributed by atoms with van der Waals surface area (Å²) in [5, 5.41) is 12.5. The highest BCUT2D eigenvalue weighted by atomic mass is 16.5. The van der Waals surface area contributed by atoms with E-state index < -0.39 is 5.97 Å². The summed E-state index contributed by atoms with van der Waals surface area (Å²) in [6.45, 7) is 2.34. The predicted molar refractivity (Wildman–Crippen MR) is 50.1 cm³/mol. The van der Waals surface area contributed by atoms with E-state index in [1.54, 1.807) is 7.11 Å². The Bertz CT molecular complexity index is 335. The van der Waals surface area contributed by atoms with Gasteiger partial charge in [0.25, 0.3) is 0 Å². The first kappa shape index (κ1) is 10.5. The minimum absolute atomic E-state index is 0.0315.